The number of imide groups is 1. The maximum atomic E-state index is 15.9. The van der Waals surface area contributed by atoms with Crippen molar-refractivity contribution >= 4 is 45.0 Å². The summed E-state index contributed by atoms with van der Waals surface area (Å²) in [7, 11) is 3.16. The minimum absolute atomic E-state index is 0.0489. The normalized spacial score (nSPS) is 21.7. The van der Waals surface area contributed by atoms with E-state index in [1.165, 1.54) is 17.7 Å². The van der Waals surface area contributed by atoms with Crippen LogP contribution in [0.4, 0.5) is 10.1 Å². The fraction of sp³-hybridized carbons (Fsp3) is 0.323. The maximum Gasteiger partial charge on any atom is 0.279 e. The van der Waals surface area contributed by atoms with Crippen LogP contribution in [0.5, 0.6) is 5.75 Å². The van der Waals surface area contributed by atoms with Crippen LogP contribution in [0.2, 0.25) is 0 Å². The van der Waals surface area contributed by atoms with Crippen molar-refractivity contribution < 1.29 is 28.6 Å². The Morgan fingerprint density at radius 2 is 1.98 bits per heavy atom. The number of anilines is 1. The number of nitrogens with zero attached hydrogens (tertiary/aromatic N) is 4. The third-order valence-electron chi connectivity index (χ3n) is 8.94. The second-order valence-corrected chi connectivity index (χ2v) is 12.3. The summed E-state index contributed by atoms with van der Waals surface area (Å²) in [5, 5.41) is 13.8. The zero-order chi connectivity index (χ0) is 30.9. The van der Waals surface area contributed by atoms with Gasteiger partial charge < -0.3 is 19.3 Å². The number of fused-ring (bicyclic) bond motifs is 2. The molecular formula is C31H28FN5O6S. The smallest absolute Gasteiger partial charge is 0.279 e. The van der Waals surface area contributed by atoms with Gasteiger partial charge in [0.15, 0.2) is 0 Å². The number of amides is 3. The van der Waals surface area contributed by atoms with Gasteiger partial charge >= 0.3 is 0 Å². The molecule has 2 saturated heterocycles. The van der Waals surface area contributed by atoms with Crippen molar-refractivity contribution in [3.05, 3.63) is 75.6 Å². The number of piperidine rings is 1. The molecule has 3 aliphatic rings. The number of hydrogen-bond acceptors (Lipinski definition) is 9. The quantitative estimate of drug-likeness (QED) is 0.327. The molecule has 2 atom stereocenters. The van der Waals surface area contributed by atoms with E-state index in [-0.39, 0.29) is 30.9 Å². The number of methoxy groups -OCH3 is 1. The van der Waals surface area contributed by atoms with Crippen molar-refractivity contribution in [3.8, 4) is 16.9 Å². The largest absolute Gasteiger partial charge is 0.496 e. The van der Waals surface area contributed by atoms with Crippen molar-refractivity contribution in [2.75, 3.05) is 25.1 Å². The molecule has 5 heterocycles. The van der Waals surface area contributed by atoms with Gasteiger partial charge in [-0.05, 0) is 53.3 Å². The van der Waals surface area contributed by atoms with E-state index < -0.39 is 29.3 Å². The number of hydrogen-bond donors (Lipinski definition) is 2. The van der Waals surface area contributed by atoms with Gasteiger partial charge in [0, 0.05) is 79.1 Å². The first-order valence-corrected chi connectivity index (χ1v) is 14.9. The molecule has 0 spiro atoms. The zero-order valence-corrected chi connectivity index (χ0v) is 24.7. The Morgan fingerprint density at radius 1 is 1.16 bits per heavy atom. The highest BCUT2D eigenvalue weighted by molar-refractivity contribution is 7.13. The maximum absolute atomic E-state index is 15.9. The lowest BCUT2D eigenvalue weighted by Crippen LogP contribution is -2.63. The van der Waals surface area contributed by atoms with Gasteiger partial charge in [-0.25, -0.2) is 4.39 Å². The molecule has 13 heteroatoms. The number of rotatable bonds is 5. The molecule has 2 aromatic carbocycles. The van der Waals surface area contributed by atoms with Gasteiger partial charge in [-0.3, -0.25) is 29.4 Å². The first kappa shape index (κ1) is 28.2. The summed E-state index contributed by atoms with van der Waals surface area (Å²) >= 11 is 1.11. The summed E-state index contributed by atoms with van der Waals surface area (Å²) < 4.78 is 27.7. The standard InChI is InChI=1S/C31H28FN5O6S/c1-35-15-22(21-12-33-44-27(21)29(35)40)18-9-23(32)26(24(10-18)43-2)17-6-8-36(13-17)19-4-3-16-14-37(28(39)20(16)11-19)31(42)7-5-25(38)34-30(31)41/h3-4,9-12,15,17,42H,5-8,13-14H2,1-2H3,(H,34,38,41)/t17-,31?/m1/s1. The van der Waals surface area contributed by atoms with E-state index in [1.54, 1.807) is 37.6 Å². The molecule has 1 unspecified atom stereocenters. The van der Waals surface area contributed by atoms with Crippen LogP contribution in [0.15, 0.2) is 47.5 Å². The summed E-state index contributed by atoms with van der Waals surface area (Å²) in [4.78, 5) is 53.1. The molecule has 2 fully saturated rings. The van der Waals surface area contributed by atoms with Crippen LogP contribution in [0.3, 0.4) is 0 Å². The molecule has 0 radical (unpaired) electrons. The molecule has 2 aromatic heterocycles. The van der Waals surface area contributed by atoms with E-state index in [1.807, 2.05) is 6.07 Å². The number of halogens is 1. The summed E-state index contributed by atoms with van der Waals surface area (Å²) in [6, 6.07) is 8.68. The van der Waals surface area contributed by atoms with E-state index >= 15 is 4.39 Å². The SMILES string of the molecule is COc1cc(-c2cn(C)c(=O)c3sncc23)cc(F)c1[C@@H]1CCN(c2ccc3c(c2)C(=O)N(C2(O)CCC(=O)NC2=O)C3)C1. The first-order chi connectivity index (χ1) is 21.1. The third kappa shape index (κ3) is 4.29. The van der Waals surface area contributed by atoms with E-state index in [2.05, 4.69) is 14.6 Å². The average Bonchev–Trinajstić information content (AvgIpc) is 3.76. The fourth-order valence-electron chi connectivity index (χ4n) is 6.57. The summed E-state index contributed by atoms with van der Waals surface area (Å²) in [5.74, 6) is -2.05. The summed E-state index contributed by atoms with van der Waals surface area (Å²) in [6.07, 6.45) is 3.72. The van der Waals surface area contributed by atoms with Gasteiger partial charge in [-0.2, -0.15) is 4.37 Å². The van der Waals surface area contributed by atoms with Crippen LogP contribution in [0.25, 0.3) is 21.2 Å². The van der Waals surface area contributed by atoms with Crippen molar-refractivity contribution in [1.29, 1.82) is 0 Å². The topological polar surface area (TPSA) is 134 Å². The van der Waals surface area contributed by atoms with E-state index in [4.69, 9.17) is 4.74 Å². The van der Waals surface area contributed by atoms with Crippen LogP contribution < -0.4 is 20.5 Å². The van der Waals surface area contributed by atoms with Gasteiger partial charge in [-0.15, -0.1) is 0 Å². The minimum Gasteiger partial charge on any atom is -0.496 e. The van der Waals surface area contributed by atoms with Crippen molar-refractivity contribution in [1.82, 2.24) is 19.2 Å². The monoisotopic (exact) mass is 617 g/mol. The molecule has 0 bridgehead atoms. The van der Waals surface area contributed by atoms with Crippen molar-refractivity contribution in [2.24, 2.45) is 7.05 Å². The lowest BCUT2D eigenvalue weighted by molar-refractivity contribution is -0.167. The molecular weight excluding hydrogens is 589 g/mol. The molecule has 11 nitrogen and oxygen atoms in total. The Bertz CT molecular complexity index is 1960. The summed E-state index contributed by atoms with van der Waals surface area (Å²) in [5.41, 5.74) is 1.30. The highest BCUT2D eigenvalue weighted by Crippen LogP contribution is 2.42. The number of ether oxygens (including phenoxy) is 1. The van der Waals surface area contributed by atoms with Crippen LogP contribution in [-0.4, -0.2) is 62.6 Å². The van der Waals surface area contributed by atoms with Crippen LogP contribution in [-0.2, 0) is 23.2 Å². The van der Waals surface area contributed by atoms with Gasteiger partial charge in [0.25, 0.3) is 17.4 Å². The second-order valence-electron chi connectivity index (χ2n) is 11.5. The number of aromatic nitrogens is 2. The summed E-state index contributed by atoms with van der Waals surface area (Å²) in [6.45, 7) is 1.14. The molecule has 4 aromatic rings. The Hall–Kier alpha value is -4.62. The van der Waals surface area contributed by atoms with Crippen LogP contribution in [0.1, 0.15) is 46.7 Å². The van der Waals surface area contributed by atoms with Crippen molar-refractivity contribution in [2.45, 2.75) is 37.5 Å². The number of carbonyl (C=O) groups is 3. The van der Waals surface area contributed by atoms with E-state index in [9.17, 15) is 24.3 Å². The minimum atomic E-state index is -2.09. The number of nitrogens with one attached hydrogen (secondary N) is 1. The Labute approximate surface area is 254 Å². The fourth-order valence-corrected chi connectivity index (χ4v) is 7.32. The molecule has 0 aliphatic carbocycles. The highest BCUT2D eigenvalue weighted by atomic mass is 32.1. The predicted molar refractivity (Wildman–Crippen MR) is 160 cm³/mol. The highest BCUT2D eigenvalue weighted by Gasteiger charge is 2.51. The number of aryl methyl sites for hydroxylation is 1. The third-order valence-corrected chi connectivity index (χ3v) is 9.73. The Morgan fingerprint density at radius 3 is 2.75 bits per heavy atom. The van der Waals surface area contributed by atoms with E-state index in [0.29, 0.717) is 63.2 Å². The lowest BCUT2D eigenvalue weighted by atomic mass is 9.93. The Balaban J connectivity index is 1.15. The molecule has 226 valence electrons. The molecule has 2 N–H and O–H groups in total. The zero-order valence-electron chi connectivity index (χ0n) is 23.9. The first-order valence-electron chi connectivity index (χ1n) is 14.2. The molecule has 0 saturated carbocycles. The van der Waals surface area contributed by atoms with E-state index in [0.717, 1.165) is 22.1 Å². The van der Waals surface area contributed by atoms with Gasteiger partial charge in [-0.1, -0.05) is 6.07 Å². The second kappa shape index (κ2) is 10.2. The van der Waals surface area contributed by atoms with Crippen LogP contribution >= 0.6 is 11.5 Å². The lowest BCUT2D eigenvalue weighted by Gasteiger charge is -2.37. The number of benzene rings is 2. The van der Waals surface area contributed by atoms with Gasteiger partial charge in [0.2, 0.25) is 11.6 Å². The number of pyridine rings is 1. The van der Waals surface area contributed by atoms with Crippen molar-refractivity contribution in [3.63, 3.8) is 0 Å². The van der Waals surface area contributed by atoms with Gasteiger partial charge in [0.05, 0.1) is 13.7 Å². The Kier molecular flexibility index (Phi) is 6.55. The predicted octanol–water partition coefficient (Wildman–Crippen LogP) is 2.88. The molecule has 44 heavy (non-hydrogen) atoms. The molecule has 3 amide bonds. The molecule has 7 rings (SSSR count). The molecule has 3 aliphatic heterocycles. The number of aliphatic hydroxyl groups is 1. The average molecular weight is 618 g/mol. The van der Waals surface area contributed by atoms with Gasteiger partial charge in [0.1, 0.15) is 16.3 Å². The van der Waals surface area contributed by atoms with Crippen LogP contribution in [0, 0.1) is 5.82 Å². The number of carbonyl (C=O) groups excluding carboxylic acids is 3.